The van der Waals surface area contributed by atoms with Crippen LogP contribution in [-0.4, -0.2) is 29.7 Å². The molecule has 0 unspecified atom stereocenters. The summed E-state index contributed by atoms with van der Waals surface area (Å²) in [6.45, 7) is 3.19. The Morgan fingerprint density at radius 2 is 2.20 bits per heavy atom. The van der Waals surface area contributed by atoms with Crippen molar-refractivity contribution in [2.24, 2.45) is 0 Å². The van der Waals surface area contributed by atoms with E-state index >= 15 is 0 Å². The van der Waals surface area contributed by atoms with Gasteiger partial charge in [0.25, 0.3) is 0 Å². The molecule has 0 aromatic carbocycles. The summed E-state index contributed by atoms with van der Waals surface area (Å²) in [7, 11) is 0. The van der Waals surface area contributed by atoms with E-state index in [-0.39, 0.29) is 11.4 Å². The molecular weight excluding hydrogens is 212 g/mol. The molecule has 2 rings (SSSR count). The molecular formula is C11H16O3S. The third-order valence-corrected chi connectivity index (χ3v) is 3.83. The van der Waals surface area contributed by atoms with Crippen molar-refractivity contribution in [3.63, 3.8) is 0 Å². The molecule has 3 nitrogen and oxygen atoms in total. The van der Waals surface area contributed by atoms with Gasteiger partial charge in [0, 0.05) is 6.42 Å². The normalized spacial score (nSPS) is 26.0. The zero-order chi connectivity index (χ0) is 10.7. The average molecular weight is 228 g/mol. The smallest absolute Gasteiger partial charge is 0.114 e. The van der Waals surface area contributed by atoms with Crippen molar-refractivity contribution < 1.29 is 14.3 Å². The van der Waals surface area contributed by atoms with Gasteiger partial charge < -0.3 is 14.3 Å². The van der Waals surface area contributed by atoms with Gasteiger partial charge in [0.05, 0.1) is 30.3 Å². The first kappa shape index (κ1) is 11.0. The average Bonchev–Trinajstić information content (AvgIpc) is 2.84. The van der Waals surface area contributed by atoms with Crippen molar-refractivity contribution in [1.82, 2.24) is 0 Å². The minimum atomic E-state index is -0.324. The van der Waals surface area contributed by atoms with E-state index in [2.05, 4.69) is 6.92 Å². The van der Waals surface area contributed by atoms with Crippen LogP contribution in [-0.2, 0) is 16.9 Å². The lowest BCUT2D eigenvalue weighted by molar-refractivity contribution is 0.127. The molecule has 0 radical (unpaired) electrons. The molecule has 84 valence electrons. The van der Waals surface area contributed by atoms with Crippen LogP contribution >= 0.6 is 11.8 Å². The van der Waals surface area contributed by atoms with Crippen molar-refractivity contribution in [2.45, 2.75) is 30.5 Å². The lowest BCUT2D eigenvalue weighted by Crippen LogP contribution is -2.20. The fraction of sp³-hybridized carbons (Fsp3) is 0.636. The van der Waals surface area contributed by atoms with E-state index < -0.39 is 0 Å². The highest BCUT2D eigenvalue weighted by molar-refractivity contribution is 7.99. The SMILES string of the molecule is CCc1ccc(CS[C@@H]2COC[C@H]2O)o1. The fourth-order valence-corrected chi connectivity index (χ4v) is 2.59. The highest BCUT2D eigenvalue weighted by atomic mass is 32.2. The Kier molecular flexibility index (Phi) is 3.72. The van der Waals surface area contributed by atoms with Crippen LogP contribution in [0, 0.1) is 0 Å². The molecule has 0 aliphatic carbocycles. The Morgan fingerprint density at radius 1 is 1.40 bits per heavy atom. The monoisotopic (exact) mass is 228 g/mol. The molecule has 1 fully saturated rings. The largest absolute Gasteiger partial charge is 0.465 e. The molecule has 0 saturated carbocycles. The standard InChI is InChI=1S/C11H16O3S/c1-2-8-3-4-9(14-8)7-15-11-6-13-5-10(11)12/h3-4,10-12H,2,5-7H2,1H3/t10-,11-/m1/s1. The van der Waals surface area contributed by atoms with Crippen LogP contribution in [0.5, 0.6) is 0 Å². The molecule has 1 aromatic heterocycles. The van der Waals surface area contributed by atoms with Crippen LogP contribution in [0.1, 0.15) is 18.4 Å². The van der Waals surface area contributed by atoms with Crippen molar-refractivity contribution in [3.8, 4) is 0 Å². The second kappa shape index (κ2) is 5.05. The molecule has 0 bridgehead atoms. The molecule has 1 aromatic rings. The van der Waals surface area contributed by atoms with E-state index in [0.29, 0.717) is 13.2 Å². The number of aryl methyl sites for hydroxylation is 1. The third kappa shape index (κ3) is 2.77. The summed E-state index contributed by atoms with van der Waals surface area (Å²) in [6, 6.07) is 4.02. The van der Waals surface area contributed by atoms with Crippen LogP contribution < -0.4 is 0 Å². The van der Waals surface area contributed by atoms with Crippen molar-refractivity contribution in [1.29, 1.82) is 0 Å². The number of furan rings is 1. The van der Waals surface area contributed by atoms with Gasteiger partial charge in [0.2, 0.25) is 0 Å². The van der Waals surface area contributed by atoms with Crippen molar-refractivity contribution in [3.05, 3.63) is 23.7 Å². The second-order valence-corrected chi connectivity index (χ2v) is 4.90. The van der Waals surface area contributed by atoms with Gasteiger partial charge in [-0.15, -0.1) is 11.8 Å². The highest BCUT2D eigenvalue weighted by Crippen LogP contribution is 2.25. The van der Waals surface area contributed by atoms with Gasteiger partial charge in [0.15, 0.2) is 0 Å². The second-order valence-electron chi connectivity index (χ2n) is 3.68. The first-order chi connectivity index (χ1) is 7.29. The summed E-state index contributed by atoms with van der Waals surface area (Å²) < 4.78 is 10.8. The van der Waals surface area contributed by atoms with E-state index in [0.717, 1.165) is 23.7 Å². The Morgan fingerprint density at radius 3 is 2.80 bits per heavy atom. The van der Waals surface area contributed by atoms with Crippen LogP contribution in [0.15, 0.2) is 16.5 Å². The van der Waals surface area contributed by atoms with Gasteiger partial charge in [-0.05, 0) is 12.1 Å². The number of hydrogen-bond donors (Lipinski definition) is 1. The van der Waals surface area contributed by atoms with E-state index in [9.17, 15) is 5.11 Å². The minimum Gasteiger partial charge on any atom is -0.465 e. The van der Waals surface area contributed by atoms with E-state index in [4.69, 9.17) is 9.15 Å². The van der Waals surface area contributed by atoms with Crippen LogP contribution in [0.2, 0.25) is 0 Å². The maximum Gasteiger partial charge on any atom is 0.114 e. The fourth-order valence-electron chi connectivity index (χ4n) is 1.56. The zero-order valence-electron chi connectivity index (χ0n) is 8.81. The van der Waals surface area contributed by atoms with Gasteiger partial charge in [-0.1, -0.05) is 6.92 Å². The summed E-state index contributed by atoms with van der Waals surface area (Å²) in [5, 5.41) is 9.74. The first-order valence-electron chi connectivity index (χ1n) is 5.24. The Labute approximate surface area is 93.8 Å². The molecule has 15 heavy (non-hydrogen) atoms. The van der Waals surface area contributed by atoms with Gasteiger partial charge >= 0.3 is 0 Å². The Hall–Kier alpha value is -0.450. The Balaban J connectivity index is 1.82. The molecule has 0 amide bonds. The molecule has 0 spiro atoms. The van der Waals surface area contributed by atoms with Gasteiger partial charge in [-0.3, -0.25) is 0 Å². The zero-order valence-corrected chi connectivity index (χ0v) is 9.63. The lowest BCUT2D eigenvalue weighted by atomic mass is 10.3. The predicted octanol–water partition coefficient (Wildman–Crippen LogP) is 1.83. The van der Waals surface area contributed by atoms with E-state index in [1.54, 1.807) is 11.8 Å². The van der Waals surface area contributed by atoms with Gasteiger partial charge in [0.1, 0.15) is 11.5 Å². The van der Waals surface area contributed by atoms with E-state index in [1.807, 2.05) is 12.1 Å². The quantitative estimate of drug-likeness (QED) is 0.854. The summed E-state index contributed by atoms with van der Waals surface area (Å²) in [4.78, 5) is 0. The number of rotatable bonds is 4. The Bertz CT molecular complexity index is 311. The van der Waals surface area contributed by atoms with Crippen molar-refractivity contribution in [2.75, 3.05) is 13.2 Å². The maximum atomic E-state index is 9.54. The van der Waals surface area contributed by atoms with Gasteiger partial charge in [-0.25, -0.2) is 0 Å². The third-order valence-electron chi connectivity index (χ3n) is 2.51. The summed E-state index contributed by atoms with van der Waals surface area (Å²) >= 11 is 1.70. The topological polar surface area (TPSA) is 42.6 Å². The highest BCUT2D eigenvalue weighted by Gasteiger charge is 2.26. The van der Waals surface area contributed by atoms with Gasteiger partial charge in [-0.2, -0.15) is 0 Å². The molecule has 1 aliphatic heterocycles. The van der Waals surface area contributed by atoms with Crippen LogP contribution in [0.3, 0.4) is 0 Å². The summed E-state index contributed by atoms with van der Waals surface area (Å²) in [6.07, 6.45) is 0.607. The number of aliphatic hydroxyl groups is 1. The number of hydrogen-bond acceptors (Lipinski definition) is 4. The summed E-state index contributed by atoms with van der Waals surface area (Å²) in [5.74, 6) is 2.82. The molecule has 1 aliphatic rings. The summed E-state index contributed by atoms with van der Waals surface area (Å²) in [5.41, 5.74) is 0. The lowest BCUT2D eigenvalue weighted by Gasteiger charge is -2.10. The molecule has 2 atom stereocenters. The molecule has 2 heterocycles. The first-order valence-corrected chi connectivity index (χ1v) is 6.29. The maximum absolute atomic E-state index is 9.54. The number of thioether (sulfide) groups is 1. The minimum absolute atomic E-state index is 0.195. The number of ether oxygens (including phenoxy) is 1. The van der Waals surface area contributed by atoms with Crippen LogP contribution in [0.4, 0.5) is 0 Å². The molecule has 4 heteroatoms. The number of aliphatic hydroxyl groups excluding tert-OH is 1. The van der Waals surface area contributed by atoms with Crippen LogP contribution in [0.25, 0.3) is 0 Å². The molecule has 1 saturated heterocycles. The van der Waals surface area contributed by atoms with E-state index in [1.165, 1.54) is 0 Å². The predicted molar refractivity (Wildman–Crippen MR) is 60.0 cm³/mol. The van der Waals surface area contributed by atoms with Crippen molar-refractivity contribution >= 4 is 11.8 Å². The molecule has 1 N–H and O–H groups in total.